The highest BCUT2D eigenvalue weighted by molar-refractivity contribution is 7.94. The summed E-state index contributed by atoms with van der Waals surface area (Å²) in [6, 6.07) is 11.7. The third-order valence-electron chi connectivity index (χ3n) is 5.38. The summed E-state index contributed by atoms with van der Waals surface area (Å²) in [5, 5.41) is 0. The highest BCUT2D eigenvalue weighted by Crippen LogP contribution is 2.51. The molecule has 0 unspecified atom stereocenters. The summed E-state index contributed by atoms with van der Waals surface area (Å²) >= 11 is 0. The number of hydrogen-bond acceptors (Lipinski definition) is 4. The molecule has 1 aromatic heterocycles. The Kier molecular flexibility index (Phi) is 3.62. The van der Waals surface area contributed by atoms with Crippen molar-refractivity contribution in [1.29, 1.82) is 0 Å². The van der Waals surface area contributed by atoms with Crippen LogP contribution in [0, 0.1) is 0 Å². The first-order valence-electron chi connectivity index (χ1n) is 8.24. The van der Waals surface area contributed by atoms with Crippen LogP contribution in [0.25, 0.3) is 0 Å². The number of likely N-dealkylation sites (tertiary alicyclic amines) is 1. The minimum absolute atomic E-state index is 0.636. The van der Waals surface area contributed by atoms with E-state index in [2.05, 4.69) is 16.0 Å². The molecule has 0 saturated carbocycles. The van der Waals surface area contributed by atoms with Gasteiger partial charge in [-0.3, -0.25) is 14.2 Å². The third kappa shape index (κ3) is 2.17. The van der Waals surface area contributed by atoms with Crippen molar-refractivity contribution < 1.29 is 8.42 Å². The van der Waals surface area contributed by atoms with E-state index in [1.165, 1.54) is 9.87 Å². The molecule has 1 saturated heterocycles. The molecule has 4 rings (SSSR count). The Bertz CT molecular complexity index is 844. The fourth-order valence-corrected chi connectivity index (χ4v) is 6.10. The van der Waals surface area contributed by atoms with E-state index in [1.807, 2.05) is 36.5 Å². The van der Waals surface area contributed by atoms with E-state index in [1.54, 1.807) is 13.2 Å². The van der Waals surface area contributed by atoms with Crippen molar-refractivity contribution in [2.75, 3.05) is 24.4 Å². The molecule has 1 spiro atoms. The van der Waals surface area contributed by atoms with E-state index in [0.717, 1.165) is 30.9 Å². The van der Waals surface area contributed by atoms with E-state index in [-0.39, 0.29) is 0 Å². The van der Waals surface area contributed by atoms with E-state index in [0.29, 0.717) is 12.8 Å². The first-order valence-corrected chi connectivity index (χ1v) is 9.68. The first-order chi connectivity index (χ1) is 11.5. The zero-order chi connectivity index (χ0) is 16.8. The number of anilines is 1. The molecule has 1 aromatic carbocycles. The van der Waals surface area contributed by atoms with Crippen LogP contribution < -0.4 is 4.31 Å². The van der Waals surface area contributed by atoms with Gasteiger partial charge in [-0.2, -0.15) is 0 Å². The molecule has 0 atom stereocenters. The predicted octanol–water partition coefficient (Wildman–Crippen LogP) is 2.35. The molecule has 2 aromatic rings. The number of nitrogens with zero attached hydrogens (tertiary/aromatic N) is 3. The Morgan fingerprint density at radius 2 is 1.88 bits per heavy atom. The number of aromatic nitrogens is 1. The molecule has 5 nitrogen and oxygen atoms in total. The van der Waals surface area contributed by atoms with Crippen LogP contribution in [0.2, 0.25) is 0 Å². The van der Waals surface area contributed by atoms with Crippen LogP contribution in [-0.2, 0) is 21.3 Å². The number of para-hydroxylation sites is 1. The maximum absolute atomic E-state index is 13.1. The smallest absolute Gasteiger partial charge is 0.245 e. The lowest BCUT2D eigenvalue weighted by atomic mass is 9.87. The number of hydrogen-bond donors (Lipinski definition) is 0. The van der Waals surface area contributed by atoms with Gasteiger partial charge >= 0.3 is 0 Å². The molecule has 126 valence electrons. The summed E-state index contributed by atoms with van der Waals surface area (Å²) in [6.07, 6.45) is 4.92. The molecule has 0 N–H and O–H groups in total. The summed E-state index contributed by atoms with van der Waals surface area (Å²) in [7, 11) is -1.68. The van der Waals surface area contributed by atoms with E-state index < -0.39 is 14.8 Å². The highest BCUT2D eigenvalue weighted by Gasteiger charge is 2.55. The van der Waals surface area contributed by atoms with Gasteiger partial charge in [-0.25, -0.2) is 8.42 Å². The molecule has 0 radical (unpaired) electrons. The molecule has 0 aliphatic carbocycles. The van der Waals surface area contributed by atoms with Crippen molar-refractivity contribution in [2.45, 2.75) is 24.1 Å². The van der Waals surface area contributed by atoms with Crippen LogP contribution >= 0.6 is 0 Å². The summed E-state index contributed by atoms with van der Waals surface area (Å²) in [6.45, 7) is 2.37. The van der Waals surface area contributed by atoms with E-state index in [4.69, 9.17) is 0 Å². The van der Waals surface area contributed by atoms with Gasteiger partial charge in [0.25, 0.3) is 0 Å². The standard InChI is InChI=1S/C18H21N3O2S/c1-20-17-7-3-2-6-16(17)18(24(20,22)23)8-11-21(12-9-18)14-15-5-4-10-19-13-15/h2-7,10,13H,8-9,11-12,14H2,1H3. The maximum atomic E-state index is 13.1. The normalized spacial score (nSPS) is 21.8. The number of fused-ring (bicyclic) bond motifs is 2. The molecule has 2 aliphatic heterocycles. The second-order valence-electron chi connectivity index (χ2n) is 6.62. The topological polar surface area (TPSA) is 53.5 Å². The van der Waals surface area contributed by atoms with Crippen molar-refractivity contribution in [3.8, 4) is 0 Å². The number of piperidine rings is 1. The summed E-state index contributed by atoms with van der Waals surface area (Å²) < 4.78 is 26.9. The van der Waals surface area contributed by atoms with E-state index in [9.17, 15) is 8.42 Å². The average molecular weight is 343 g/mol. The van der Waals surface area contributed by atoms with Crippen LogP contribution in [0.1, 0.15) is 24.0 Å². The van der Waals surface area contributed by atoms with Gasteiger partial charge in [-0.15, -0.1) is 0 Å². The minimum atomic E-state index is -3.35. The lowest BCUT2D eigenvalue weighted by molar-refractivity contribution is 0.189. The minimum Gasteiger partial charge on any atom is -0.299 e. The Morgan fingerprint density at radius 3 is 2.58 bits per heavy atom. The number of rotatable bonds is 2. The van der Waals surface area contributed by atoms with Gasteiger partial charge in [0.1, 0.15) is 4.75 Å². The number of benzene rings is 1. The van der Waals surface area contributed by atoms with Gasteiger partial charge in [0.05, 0.1) is 5.69 Å². The second-order valence-corrected chi connectivity index (χ2v) is 8.90. The Balaban J connectivity index is 1.60. The van der Waals surface area contributed by atoms with Gasteiger partial charge < -0.3 is 0 Å². The second kappa shape index (κ2) is 5.57. The van der Waals surface area contributed by atoms with Crippen molar-refractivity contribution in [3.05, 3.63) is 59.9 Å². The van der Waals surface area contributed by atoms with Crippen LogP contribution in [0.5, 0.6) is 0 Å². The van der Waals surface area contributed by atoms with Gasteiger partial charge in [0, 0.05) is 39.1 Å². The molecule has 0 bridgehead atoms. The Hall–Kier alpha value is -1.92. The molecule has 24 heavy (non-hydrogen) atoms. The number of sulfonamides is 1. The van der Waals surface area contributed by atoms with Crippen molar-refractivity contribution >= 4 is 15.7 Å². The van der Waals surface area contributed by atoms with Crippen molar-refractivity contribution in [1.82, 2.24) is 9.88 Å². The van der Waals surface area contributed by atoms with Gasteiger partial charge in [0.15, 0.2) is 0 Å². The lowest BCUT2D eigenvalue weighted by Crippen LogP contribution is -2.47. The SMILES string of the molecule is CN1c2ccccc2C2(CCN(Cc3cccnc3)CC2)S1(=O)=O. The third-order valence-corrected chi connectivity index (χ3v) is 7.91. The van der Waals surface area contributed by atoms with Crippen molar-refractivity contribution in [2.24, 2.45) is 0 Å². The molecule has 6 heteroatoms. The highest BCUT2D eigenvalue weighted by atomic mass is 32.2. The lowest BCUT2D eigenvalue weighted by Gasteiger charge is -2.38. The molecule has 0 amide bonds. The summed E-state index contributed by atoms with van der Waals surface area (Å²) in [5.41, 5.74) is 2.96. The van der Waals surface area contributed by atoms with Crippen molar-refractivity contribution in [3.63, 3.8) is 0 Å². The Labute approximate surface area is 143 Å². The average Bonchev–Trinajstić information content (AvgIpc) is 2.77. The zero-order valence-electron chi connectivity index (χ0n) is 13.7. The Morgan fingerprint density at radius 1 is 1.12 bits per heavy atom. The van der Waals surface area contributed by atoms with Crippen LogP contribution in [0.15, 0.2) is 48.8 Å². The van der Waals surface area contributed by atoms with E-state index >= 15 is 0 Å². The largest absolute Gasteiger partial charge is 0.299 e. The summed E-state index contributed by atoms with van der Waals surface area (Å²) in [4.78, 5) is 6.47. The van der Waals surface area contributed by atoms with Gasteiger partial charge in [-0.1, -0.05) is 24.3 Å². The maximum Gasteiger partial charge on any atom is 0.245 e. The predicted molar refractivity (Wildman–Crippen MR) is 94.2 cm³/mol. The zero-order valence-corrected chi connectivity index (χ0v) is 14.5. The molecule has 1 fully saturated rings. The van der Waals surface area contributed by atoms with Gasteiger partial charge in [-0.05, 0) is 36.1 Å². The first kappa shape index (κ1) is 15.6. The fraction of sp³-hybridized carbons (Fsp3) is 0.389. The quantitative estimate of drug-likeness (QED) is 0.840. The molecule has 3 heterocycles. The van der Waals surface area contributed by atoms with Crippen LogP contribution in [-0.4, -0.2) is 38.4 Å². The van der Waals surface area contributed by atoms with Crippen LogP contribution in [0.4, 0.5) is 5.69 Å². The fourth-order valence-electron chi connectivity index (χ4n) is 4.01. The van der Waals surface area contributed by atoms with Gasteiger partial charge in [0.2, 0.25) is 10.0 Å². The molecule has 2 aliphatic rings. The molecular weight excluding hydrogens is 322 g/mol. The van der Waals surface area contributed by atoms with Crippen LogP contribution in [0.3, 0.4) is 0 Å². The number of pyridine rings is 1. The monoisotopic (exact) mass is 343 g/mol. The summed E-state index contributed by atoms with van der Waals surface area (Å²) in [5.74, 6) is 0. The molecular formula is C18H21N3O2S.